The minimum Gasteiger partial charge on any atom is -0.505 e. The first-order chi connectivity index (χ1) is 9.54. The predicted molar refractivity (Wildman–Crippen MR) is 72.9 cm³/mol. The Bertz CT molecular complexity index is 486. The molecule has 1 aliphatic rings. The van der Waals surface area contributed by atoms with Crippen molar-refractivity contribution >= 4 is 5.91 Å². The van der Waals surface area contributed by atoms with Crippen LogP contribution in [0, 0.1) is 11.2 Å². The van der Waals surface area contributed by atoms with Gasteiger partial charge in [-0.1, -0.05) is 12.5 Å². The van der Waals surface area contributed by atoms with Crippen LogP contribution in [0.5, 0.6) is 5.75 Å². The number of benzene rings is 1. The van der Waals surface area contributed by atoms with E-state index in [9.17, 15) is 9.18 Å². The minimum absolute atomic E-state index is 0.0740. The molecule has 0 spiro atoms. The van der Waals surface area contributed by atoms with Crippen molar-refractivity contribution in [2.24, 2.45) is 5.41 Å². The third kappa shape index (κ3) is 3.48. The number of aromatic hydroxyl groups is 1. The Balaban J connectivity index is 1.84. The van der Waals surface area contributed by atoms with Crippen LogP contribution >= 0.6 is 0 Å². The first-order valence-corrected chi connectivity index (χ1v) is 6.78. The van der Waals surface area contributed by atoms with Crippen LogP contribution in [-0.2, 0) is 16.0 Å². The smallest absolute Gasteiger partial charge is 0.224 e. The zero-order valence-corrected chi connectivity index (χ0v) is 11.6. The van der Waals surface area contributed by atoms with Crippen LogP contribution in [-0.4, -0.2) is 31.3 Å². The highest BCUT2D eigenvalue weighted by atomic mass is 19.1. The van der Waals surface area contributed by atoms with E-state index in [4.69, 9.17) is 9.84 Å². The van der Waals surface area contributed by atoms with E-state index in [-0.39, 0.29) is 17.7 Å². The van der Waals surface area contributed by atoms with Gasteiger partial charge in [-0.05, 0) is 30.5 Å². The second kappa shape index (κ2) is 6.22. The molecule has 110 valence electrons. The third-order valence-corrected chi connectivity index (χ3v) is 3.90. The van der Waals surface area contributed by atoms with E-state index in [0.717, 1.165) is 12.8 Å². The number of phenols is 1. The van der Waals surface area contributed by atoms with E-state index in [1.54, 1.807) is 13.2 Å². The van der Waals surface area contributed by atoms with E-state index in [1.807, 2.05) is 0 Å². The molecule has 2 N–H and O–H groups in total. The maximum absolute atomic E-state index is 13.2. The number of ether oxygens (including phenoxy) is 1. The third-order valence-electron chi connectivity index (χ3n) is 3.90. The van der Waals surface area contributed by atoms with Gasteiger partial charge in [0.25, 0.3) is 0 Å². The fraction of sp³-hybridized carbons (Fsp3) is 0.533. The molecule has 0 atom stereocenters. The number of rotatable bonds is 6. The second-order valence-electron chi connectivity index (χ2n) is 5.53. The van der Waals surface area contributed by atoms with Crippen molar-refractivity contribution in [3.05, 3.63) is 29.6 Å². The van der Waals surface area contributed by atoms with Crippen LogP contribution in [0.25, 0.3) is 0 Å². The number of methoxy groups -OCH3 is 1. The van der Waals surface area contributed by atoms with E-state index >= 15 is 0 Å². The summed E-state index contributed by atoms with van der Waals surface area (Å²) in [5.41, 5.74) is 0.622. The number of hydrogen-bond acceptors (Lipinski definition) is 3. The summed E-state index contributed by atoms with van der Waals surface area (Å²) in [4.78, 5) is 11.9. The number of phenolic OH excluding ortho intramolecular Hbond substituents is 1. The molecule has 4 nitrogen and oxygen atoms in total. The number of nitrogens with one attached hydrogen (secondary N) is 1. The molecule has 1 aromatic carbocycles. The van der Waals surface area contributed by atoms with Crippen molar-refractivity contribution in [2.45, 2.75) is 25.7 Å². The van der Waals surface area contributed by atoms with Gasteiger partial charge in [-0.2, -0.15) is 0 Å². The Morgan fingerprint density at radius 1 is 1.50 bits per heavy atom. The molecule has 1 amide bonds. The largest absolute Gasteiger partial charge is 0.505 e. The minimum atomic E-state index is -0.704. The van der Waals surface area contributed by atoms with Crippen molar-refractivity contribution in [2.75, 3.05) is 20.3 Å². The molecule has 2 rings (SSSR count). The number of halogens is 1. The maximum atomic E-state index is 13.2. The van der Waals surface area contributed by atoms with Gasteiger partial charge < -0.3 is 15.2 Å². The summed E-state index contributed by atoms with van der Waals surface area (Å²) in [7, 11) is 1.67. The lowest BCUT2D eigenvalue weighted by molar-refractivity contribution is -0.121. The molecule has 0 saturated heterocycles. The summed E-state index contributed by atoms with van der Waals surface area (Å²) >= 11 is 0. The van der Waals surface area contributed by atoms with E-state index in [2.05, 4.69) is 5.32 Å². The van der Waals surface area contributed by atoms with Crippen LogP contribution in [0.15, 0.2) is 18.2 Å². The normalized spacial score (nSPS) is 16.5. The van der Waals surface area contributed by atoms with Gasteiger partial charge in [0.05, 0.1) is 13.0 Å². The van der Waals surface area contributed by atoms with Crippen LogP contribution in [0.1, 0.15) is 24.8 Å². The molecule has 0 heterocycles. The van der Waals surface area contributed by atoms with Gasteiger partial charge >= 0.3 is 0 Å². The molecule has 0 bridgehead atoms. The van der Waals surface area contributed by atoms with Crippen molar-refractivity contribution in [3.63, 3.8) is 0 Å². The predicted octanol–water partition coefficient (Wildman–Crippen LogP) is 2.01. The molecule has 1 aliphatic carbocycles. The average molecular weight is 281 g/mol. The Labute approximate surface area is 117 Å². The topological polar surface area (TPSA) is 58.6 Å². The quantitative estimate of drug-likeness (QED) is 0.838. The highest BCUT2D eigenvalue weighted by molar-refractivity contribution is 5.78. The zero-order chi connectivity index (χ0) is 14.6. The first kappa shape index (κ1) is 14.8. The molecule has 5 heteroatoms. The Hall–Kier alpha value is -1.62. The Morgan fingerprint density at radius 3 is 2.80 bits per heavy atom. The maximum Gasteiger partial charge on any atom is 0.224 e. The number of hydrogen-bond donors (Lipinski definition) is 2. The highest BCUT2D eigenvalue weighted by Gasteiger charge is 2.37. The van der Waals surface area contributed by atoms with E-state index in [0.29, 0.717) is 18.7 Å². The van der Waals surface area contributed by atoms with Gasteiger partial charge in [0.1, 0.15) is 0 Å². The number of amides is 1. The monoisotopic (exact) mass is 281 g/mol. The summed E-state index contributed by atoms with van der Waals surface area (Å²) in [5.74, 6) is -1.25. The first-order valence-electron chi connectivity index (χ1n) is 6.78. The van der Waals surface area contributed by atoms with Crippen LogP contribution in [0.4, 0.5) is 4.39 Å². The number of carbonyl (C=O) groups is 1. The van der Waals surface area contributed by atoms with Gasteiger partial charge in [0.15, 0.2) is 11.6 Å². The van der Waals surface area contributed by atoms with Crippen molar-refractivity contribution in [1.29, 1.82) is 0 Å². The highest BCUT2D eigenvalue weighted by Crippen LogP contribution is 2.40. The second-order valence-corrected chi connectivity index (χ2v) is 5.53. The average Bonchev–Trinajstić information content (AvgIpc) is 2.37. The fourth-order valence-electron chi connectivity index (χ4n) is 2.55. The number of carbonyl (C=O) groups excluding carboxylic acids is 1. The fourth-order valence-corrected chi connectivity index (χ4v) is 2.55. The lowest BCUT2D eigenvalue weighted by Gasteiger charge is -2.41. The summed E-state index contributed by atoms with van der Waals surface area (Å²) in [6.07, 6.45) is 3.41. The zero-order valence-electron chi connectivity index (χ0n) is 11.6. The van der Waals surface area contributed by atoms with Gasteiger partial charge in [-0.25, -0.2) is 4.39 Å². The summed E-state index contributed by atoms with van der Waals surface area (Å²) in [6, 6.07) is 3.99. The van der Waals surface area contributed by atoms with Gasteiger partial charge in [-0.3, -0.25) is 4.79 Å². The van der Waals surface area contributed by atoms with Crippen LogP contribution < -0.4 is 5.32 Å². The molecule has 0 aliphatic heterocycles. The molecule has 0 radical (unpaired) electrons. The van der Waals surface area contributed by atoms with Crippen LogP contribution in [0.3, 0.4) is 0 Å². The molecular weight excluding hydrogens is 261 g/mol. The molecule has 1 saturated carbocycles. The molecule has 1 aromatic rings. The standard InChI is InChI=1S/C15H20FNO3/c1-20-10-15(5-2-6-15)9-17-14(19)8-11-3-4-13(18)12(16)7-11/h3-4,7,18H,2,5-6,8-10H2,1H3,(H,17,19). The molecule has 0 aromatic heterocycles. The molecular formula is C15H20FNO3. The molecule has 0 unspecified atom stereocenters. The van der Waals surface area contributed by atoms with Crippen molar-refractivity contribution < 1.29 is 19.0 Å². The van der Waals surface area contributed by atoms with Gasteiger partial charge in [-0.15, -0.1) is 0 Å². The Morgan fingerprint density at radius 2 is 2.25 bits per heavy atom. The lowest BCUT2D eigenvalue weighted by atomic mass is 9.69. The lowest BCUT2D eigenvalue weighted by Crippen LogP contribution is -2.45. The summed E-state index contributed by atoms with van der Waals surface area (Å²) < 4.78 is 18.4. The van der Waals surface area contributed by atoms with Crippen LogP contribution in [0.2, 0.25) is 0 Å². The van der Waals surface area contributed by atoms with Gasteiger partial charge in [0.2, 0.25) is 5.91 Å². The van der Waals surface area contributed by atoms with Crippen molar-refractivity contribution in [1.82, 2.24) is 5.32 Å². The van der Waals surface area contributed by atoms with E-state index in [1.165, 1.54) is 18.6 Å². The Kier molecular flexibility index (Phi) is 4.60. The summed E-state index contributed by atoms with van der Waals surface area (Å²) in [6.45, 7) is 1.25. The molecule has 20 heavy (non-hydrogen) atoms. The van der Waals surface area contributed by atoms with Crippen molar-refractivity contribution in [3.8, 4) is 5.75 Å². The van der Waals surface area contributed by atoms with E-state index < -0.39 is 11.6 Å². The molecule has 1 fully saturated rings. The van der Waals surface area contributed by atoms with Gasteiger partial charge in [0, 0.05) is 19.1 Å². The SMILES string of the molecule is COCC1(CNC(=O)Cc2ccc(O)c(F)c2)CCC1. The summed E-state index contributed by atoms with van der Waals surface area (Å²) in [5, 5.41) is 12.0.